The van der Waals surface area contributed by atoms with Crippen molar-refractivity contribution < 1.29 is 0 Å². The van der Waals surface area contributed by atoms with Crippen molar-refractivity contribution in [3.8, 4) is 0 Å². The molecule has 1 N–H and O–H groups in total. The summed E-state index contributed by atoms with van der Waals surface area (Å²) in [6.07, 6.45) is 8.28. The molecule has 1 rings (SSSR count). The molecule has 1 saturated heterocycles. The number of hydrogen-bond acceptors (Lipinski definition) is 4. The summed E-state index contributed by atoms with van der Waals surface area (Å²) in [5.74, 6) is 0. The van der Waals surface area contributed by atoms with Gasteiger partial charge < -0.3 is 15.1 Å². The van der Waals surface area contributed by atoms with Gasteiger partial charge in [0.05, 0.1) is 16.4 Å². The van der Waals surface area contributed by atoms with Gasteiger partial charge in [-0.1, -0.05) is 25.8 Å². The minimum atomic E-state index is 0.528. The Morgan fingerprint density at radius 2 is 1.90 bits per heavy atom. The minimum absolute atomic E-state index is 0.528. The van der Waals surface area contributed by atoms with Crippen LogP contribution in [0.25, 0.3) is 0 Å². The van der Waals surface area contributed by atoms with E-state index in [1.165, 1.54) is 0 Å². The molecule has 0 unspecified atom stereocenters. The van der Waals surface area contributed by atoms with E-state index in [-0.39, 0.29) is 0 Å². The number of likely N-dealkylation sites (N-methyl/N-ethyl adjacent to an activating group) is 1. The molecular weight excluding hydrogens is 266 g/mol. The van der Waals surface area contributed by atoms with E-state index in [1.54, 1.807) is 11.8 Å². The summed E-state index contributed by atoms with van der Waals surface area (Å²) in [6.45, 7) is 16.3. The monoisotopic (exact) mass is 293 g/mol. The predicted molar refractivity (Wildman–Crippen MR) is 91.2 cm³/mol. The van der Waals surface area contributed by atoms with Crippen LogP contribution in [0.2, 0.25) is 0 Å². The number of hydrogen-bond donors (Lipinski definition) is 1. The van der Waals surface area contributed by atoms with Crippen molar-refractivity contribution in [3.63, 3.8) is 0 Å². The number of rotatable bonds is 7. The third-order valence-corrected chi connectivity index (χ3v) is 4.23. The van der Waals surface area contributed by atoms with E-state index >= 15 is 0 Å². The van der Waals surface area contributed by atoms with Crippen molar-refractivity contribution in [2.45, 2.75) is 25.8 Å². The molecule has 112 valence electrons. The SMILES string of the molecule is C=C(NC1CCN(C(=C)C(=C)N(C)/C=C\C)CC1)SC. The molecule has 3 nitrogen and oxygen atoms in total. The maximum absolute atomic E-state index is 4.19. The first-order chi connectivity index (χ1) is 9.49. The zero-order chi connectivity index (χ0) is 15.1. The molecule has 0 radical (unpaired) electrons. The van der Waals surface area contributed by atoms with Gasteiger partial charge in [0.25, 0.3) is 0 Å². The van der Waals surface area contributed by atoms with E-state index in [9.17, 15) is 0 Å². The van der Waals surface area contributed by atoms with Crippen LogP contribution >= 0.6 is 11.8 Å². The number of piperidine rings is 1. The van der Waals surface area contributed by atoms with Crippen molar-refractivity contribution in [1.82, 2.24) is 15.1 Å². The first-order valence-corrected chi connectivity index (χ1v) is 8.20. The summed E-state index contributed by atoms with van der Waals surface area (Å²) in [5.41, 5.74) is 1.98. The highest BCUT2D eigenvalue weighted by molar-refractivity contribution is 8.02. The Morgan fingerprint density at radius 3 is 2.40 bits per heavy atom. The molecule has 0 aliphatic carbocycles. The number of nitrogens with zero attached hydrogens (tertiary/aromatic N) is 2. The summed E-state index contributed by atoms with van der Waals surface area (Å²) in [4.78, 5) is 4.34. The zero-order valence-electron chi connectivity index (χ0n) is 13.0. The molecule has 0 aromatic heterocycles. The van der Waals surface area contributed by atoms with E-state index in [1.807, 2.05) is 37.4 Å². The molecule has 0 bridgehead atoms. The third kappa shape index (κ3) is 4.67. The van der Waals surface area contributed by atoms with Gasteiger partial charge in [0.2, 0.25) is 0 Å². The molecule has 0 atom stereocenters. The van der Waals surface area contributed by atoms with Crippen LogP contribution in [0, 0.1) is 0 Å². The summed E-state index contributed by atoms with van der Waals surface area (Å²) in [7, 11) is 2.00. The normalized spacial score (nSPS) is 16.2. The van der Waals surface area contributed by atoms with E-state index < -0.39 is 0 Å². The second-order valence-electron chi connectivity index (χ2n) is 5.02. The summed E-state index contributed by atoms with van der Waals surface area (Å²) >= 11 is 1.67. The van der Waals surface area contributed by atoms with E-state index in [2.05, 4.69) is 30.0 Å². The summed E-state index contributed by atoms with van der Waals surface area (Å²) in [6, 6.07) is 0.528. The van der Waals surface area contributed by atoms with Gasteiger partial charge in [-0.05, 0) is 32.2 Å². The van der Waals surface area contributed by atoms with Crippen molar-refractivity contribution in [2.24, 2.45) is 0 Å². The van der Waals surface area contributed by atoms with Gasteiger partial charge in [0, 0.05) is 26.2 Å². The van der Waals surface area contributed by atoms with Crippen LogP contribution in [-0.2, 0) is 0 Å². The number of thioether (sulfide) groups is 1. The van der Waals surface area contributed by atoms with Gasteiger partial charge in [0.1, 0.15) is 0 Å². The van der Waals surface area contributed by atoms with Crippen molar-refractivity contribution >= 4 is 11.8 Å². The largest absolute Gasteiger partial charge is 0.377 e. The fourth-order valence-corrected chi connectivity index (χ4v) is 2.56. The average molecular weight is 293 g/mol. The van der Waals surface area contributed by atoms with Crippen molar-refractivity contribution in [1.29, 1.82) is 0 Å². The highest BCUT2D eigenvalue weighted by Gasteiger charge is 2.21. The lowest BCUT2D eigenvalue weighted by Crippen LogP contribution is -2.42. The Bertz CT molecular complexity index is 393. The molecule has 1 aliphatic rings. The lowest BCUT2D eigenvalue weighted by Gasteiger charge is -2.37. The van der Waals surface area contributed by atoms with Crippen LogP contribution in [0.5, 0.6) is 0 Å². The zero-order valence-corrected chi connectivity index (χ0v) is 13.8. The molecule has 1 heterocycles. The molecule has 4 heteroatoms. The lowest BCUT2D eigenvalue weighted by atomic mass is 10.0. The van der Waals surface area contributed by atoms with Crippen LogP contribution in [0.15, 0.2) is 48.4 Å². The van der Waals surface area contributed by atoms with Crippen molar-refractivity contribution in [2.75, 3.05) is 26.4 Å². The topological polar surface area (TPSA) is 18.5 Å². The van der Waals surface area contributed by atoms with Crippen LogP contribution < -0.4 is 5.32 Å². The smallest absolute Gasteiger partial charge is 0.0607 e. The maximum atomic E-state index is 4.19. The van der Waals surface area contributed by atoms with Crippen LogP contribution in [0.3, 0.4) is 0 Å². The molecule has 1 aliphatic heterocycles. The number of allylic oxidation sites excluding steroid dienone is 1. The fraction of sp³-hybridized carbons (Fsp3) is 0.500. The Balaban J connectivity index is 2.46. The summed E-state index contributed by atoms with van der Waals surface area (Å²) in [5, 5.41) is 4.52. The quantitative estimate of drug-likeness (QED) is 0.725. The van der Waals surface area contributed by atoms with Gasteiger partial charge in [-0.2, -0.15) is 0 Å². The van der Waals surface area contributed by atoms with Gasteiger partial charge in [-0.15, -0.1) is 11.8 Å². The Morgan fingerprint density at radius 1 is 1.30 bits per heavy atom. The maximum Gasteiger partial charge on any atom is 0.0607 e. The second kappa shape index (κ2) is 8.10. The Hall–Kier alpha value is -1.29. The second-order valence-corrected chi connectivity index (χ2v) is 5.92. The lowest BCUT2D eigenvalue weighted by molar-refractivity contribution is 0.248. The molecular formula is C16H27N3S. The van der Waals surface area contributed by atoms with Gasteiger partial charge in [-0.3, -0.25) is 0 Å². The average Bonchev–Trinajstić information content (AvgIpc) is 2.46. The Labute approximate surface area is 128 Å². The van der Waals surface area contributed by atoms with Crippen molar-refractivity contribution in [3.05, 3.63) is 48.4 Å². The highest BCUT2D eigenvalue weighted by Crippen LogP contribution is 2.21. The highest BCUT2D eigenvalue weighted by atomic mass is 32.2. The molecule has 0 spiro atoms. The fourth-order valence-electron chi connectivity index (χ4n) is 2.28. The first-order valence-electron chi connectivity index (χ1n) is 6.97. The first kappa shape index (κ1) is 16.8. The number of nitrogens with one attached hydrogen (secondary N) is 1. The number of likely N-dealkylation sites (tertiary alicyclic amines) is 1. The van der Waals surface area contributed by atoms with E-state index in [4.69, 9.17) is 0 Å². The molecule has 1 fully saturated rings. The molecule has 0 amide bonds. The minimum Gasteiger partial charge on any atom is -0.377 e. The van der Waals surface area contributed by atoms with E-state index in [0.29, 0.717) is 6.04 Å². The molecule has 0 saturated carbocycles. The van der Waals surface area contributed by atoms with E-state index in [0.717, 1.165) is 42.4 Å². The predicted octanol–water partition coefficient (Wildman–Crippen LogP) is 3.37. The van der Waals surface area contributed by atoms with Gasteiger partial charge in [0.15, 0.2) is 0 Å². The molecule has 0 aromatic carbocycles. The van der Waals surface area contributed by atoms with Crippen LogP contribution in [0.1, 0.15) is 19.8 Å². The molecule has 20 heavy (non-hydrogen) atoms. The van der Waals surface area contributed by atoms with Gasteiger partial charge >= 0.3 is 0 Å². The Kier molecular flexibility index (Phi) is 6.79. The standard InChI is InChI=1S/C16H27N3S/c1-7-10-18(5)13(2)14(3)19-11-8-16(9-12-19)17-15(4)20-6/h7,10,16-17H,2-4,8-9,11-12H2,1,5-6H3/b10-7-. The third-order valence-electron chi connectivity index (χ3n) is 3.62. The molecule has 0 aromatic rings. The van der Waals surface area contributed by atoms with Gasteiger partial charge in [-0.25, -0.2) is 0 Å². The summed E-state index contributed by atoms with van der Waals surface area (Å²) < 4.78 is 0. The van der Waals surface area contributed by atoms with Crippen LogP contribution in [-0.4, -0.2) is 42.2 Å². The van der Waals surface area contributed by atoms with Crippen LogP contribution in [0.4, 0.5) is 0 Å².